The maximum atomic E-state index is 6.55. The predicted octanol–water partition coefficient (Wildman–Crippen LogP) is 9.35. The van der Waals surface area contributed by atoms with Gasteiger partial charge in [-0.25, -0.2) is 0 Å². The van der Waals surface area contributed by atoms with Crippen LogP contribution < -0.4 is 9.47 Å². The SMILES string of the molecule is CCC(C)/N=C/c1cc(C(C)(C)C)cc(C(C)(C)C)c1OCOc1c(/C=N/C(C)C)cc(C)cc1C(C)(C)C. The Balaban J connectivity index is 2.62. The predicted molar refractivity (Wildman–Crippen MR) is 170 cm³/mol. The van der Waals surface area contributed by atoms with Gasteiger partial charge in [-0.15, -0.1) is 0 Å². The molecule has 0 saturated heterocycles. The Morgan fingerprint density at radius 3 is 1.64 bits per heavy atom. The molecule has 39 heavy (non-hydrogen) atoms. The van der Waals surface area contributed by atoms with Gasteiger partial charge < -0.3 is 9.47 Å². The average molecular weight is 535 g/mol. The summed E-state index contributed by atoms with van der Waals surface area (Å²) in [6.45, 7) is 30.8. The van der Waals surface area contributed by atoms with Gasteiger partial charge in [-0.2, -0.15) is 0 Å². The van der Waals surface area contributed by atoms with Crippen molar-refractivity contribution in [1.29, 1.82) is 0 Å². The Hall–Kier alpha value is -2.62. The van der Waals surface area contributed by atoms with Crippen LogP contribution in [0.1, 0.15) is 130 Å². The molecule has 1 atom stereocenters. The molecule has 0 N–H and O–H groups in total. The van der Waals surface area contributed by atoms with Gasteiger partial charge in [-0.05, 0) is 73.6 Å². The summed E-state index contributed by atoms with van der Waals surface area (Å²) < 4.78 is 13.0. The van der Waals surface area contributed by atoms with Crippen molar-refractivity contribution in [1.82, 2.24) is 0 Å². The van der Waals surface area contributed by atoms with E-state index in [4.69, 9.17) is 14.5 Å². The maximum Gasteiger partial charge on any atom is 0.230 e. The first-order valence-electron chi connectivity index (χ1n) is 14.5. The van der Waals surface area contributed by atoms with Crippen LogP contribution in [0.5, 0.6) is 11.5 Å². The van der Waals surface area contributed by atoms with Crippen molar-refractivity contribution in [3.63, 3.8) is 0 Å². The highest BCUT2D eigenvalue weighted by atomic mass is 16.7. The van der Waals surface area contributed by atoms with Crippen LogP contribution in [0.3, 0.4) is 0 Å². The third kappa shape index (κ3) is 9.22. The third-order valence-corrected chi connectivity index (χ3v) is 6.84. The van der Waals surface area contributed by atoms with Crippen molar-refractivity contribution < 1.29 is 9.47 Å². The van der Waals surface area contributed by atoms with Crippen LogP contribution in [0.15, 0.2) is 34.3 Å². The molecule has 0 aromatic heterocycles. The molecule has 0 aliphatic carbocycles. The molecule has 4 heteroatoms. The van der Waals surface area contributed by atoms with Gasteiger partial charge >= 0.3 is 0 Å². The molecule has 0 aliphatic heterocycles. The molecule has 4 nitrogen and oxygen atoms in total. The number of benzene rings is 2. The van der Waals surface area contributed by atoms with Crippen LogP contribution >= 0.6 is 0 Å². The lowest BCUT2D eigenvalue weighted by molar-refractivity contribution is 0.115. The second-order valence-corrected chi connectivity index (χ2v) is 14.2. The Labute approximate surface area is 239 Å². The number of aryl methyl sites for hydroxylation is 1. The van der Waals surface area contributed by atoms with Crippen LogP contribution in [-0.4, -0.2) is 31.3 Å². The highest BCUT2D eigenvalue weighted by molar-refractivity contribution is 5.86. The topological polar surface area (TPSA) is 43.2 Å². The largest absolute Gasteiger partial charge is 0.456 e. The zero-order valence-corrected chi connectivity index (χ0v) is 27.2. The molecule has 0 fully saturated rings. The molecule has 0 heterocycles. The van der Waals surface area contributed by atoms with E-state index in [0.29, 0.717) is 0 Å². The number of hydrogen-bond donors (Lipinski definition) is 0. The molecule has 0 saturated carbocycles. The van der Waals surface area contributed by atoms with E-state index in [1.807, 2.05) is 12.4 Å². The first kappa shape index (κ1) is 32.6. The molecule has 216 valence electrons. The van der Waals surface area contributed by atoms with Gasteiger partial charge in [-0.1, -0.05) is 81.4 Å². The number of aliphatic imine (C=N–C) groups is 2. The van der Waals surface area contributed by atoms with Crippen molar-refractivity contribution >= 4 is 12.4 Å². The van der Waals surface area contributed by atoms with Crippen LogP contribution in [0.2, 0.25) is 0 Å². The highest BCUT2D eigenvalue weighted by Gasteiger charge is 2.27. The van der Waals surface area contributed by atoms with Crippen LogP contribution in [-0.2, 0) is 16.2 Å². The summed E-state index contributed by atoms with van der Waals surface area (Å²) in [5, 5.41) is 0. The molecule has 0 bridgehead atoms. The number of ether oxygens (including phenoxy) is 2. The average Bonchev–Trinajstić information content (AvgIpc) is 2.79. The first-order chi connectivity index (χ1) is 17.8. The summed E-state index contributed by atoms with van der Waals surface area (Å²) in [6.07, 6.45) is 4.91. The fourth-order valence-corrected chi connectivity index (χ4v) is 4.20. The van der Waals surface area contributed by atoms with E-state index >= 15 is 0 Å². The molecular formula is C35H54N2O2. The minimum absolute atomic E-state index is 0.00213. The van der Waals surface area contributed by atoms with E-state index in [1.54, 1.807) is 0 Å². The molecule has 1 unspecified atom stereocenters. The van der Waals surface area contributed by atoms with Gasteiger partial charge in [0.1, 0.15) is 11.5 Å². The quantitative estimate of drug-likeness (QED) is 0.237. The normalized spacial score (nSPS) is 14.0. The van der Waals surface area contributed by atoms with E-state index in [-0.39, 0.29) is 35.1 Å². The summed E-state index contributed by atoms with van der Waals surface area (Å²) >= 11 is 0. The summed E-state index contributed by atoms with van der Waals surface area (Å²) in [7, 11) is 0. The van der Waals surface area contributed by atoms with Crippen LogP contribution in [0.25, 0.3) is 0 Å². The fourth-order valence-electron chi connectivity index (χ4n) is 4.20. The molecule has 0 spiro atoms. The van der Waals surface area contributed by atoms with E-state index in [0.717, 1.165) is 40.2 Å². The second-order valence-electron chi connectivity index (χ2n) is 14.2. The zero-order chi connectivity index (χ0) is 29.8. The van der Waals surface area contributed by atoms with Gasteiger partial charge in [0.2, 0.25) is 6.79 Å². The second kappa shape index (κ2) is 12.7. The molecule has 0 aliphatic rings. The fraction of sp³-hybridized carbons (Fsp3) is 0.600. The summed E-state index contributed by atoms with van der Waals surface area (Å²) in [6, 6.07) is 9.32. The zero-order valence-electron chi connectivity index (χ0n) is 27.2. The van der Waals surface area contributed by atoms with E-state index in [1.165, 1.54) is 11.1 Å². The van der Waals surface area contributed by atoms with E-state index in [2.05, 4.69) is 126 Å². The molecule has 2 aromatic rings. The summed E-state index contributed by atoms with van der Waals surface area (Å²) in [5.74, 6) is 1.67. The molecular weight excluding hydrogens is 480 g/mol. The lowest BCUT2D eigenvalue weighted by Crippen LogP contribution is -2.21. The van der Waals surface area contributed by atoms with E-state index in [9.17, 15) is 0 Å². The Morgan fingerprint density at radius 2 is 1.18 bits per heavy atom. The summed E-state index contributed by atoms with van der Waals surface area (Å²) in [4.78, 5) is 9.50. The minimum Gasteiger partial charge on any atom is -0.456 e. The number of hydrogen-bond acceptors (Lipinski definition) is 4. The van der Waals surface area contributed by atoms with Crippen molar-refractivity contribution in [3.8, 4) is 11.5 Å². The Bertz CT molecular complexity index is 1170. The lowest BCUT2D eigenvalue weighted by atomic mass is 9.79. The van der Waals surface area contributed by atoms with Gasteiger partial charge in [0.05, 0.1) is 0 Å². The van der Waals surface area contributed by atoms with Crippen molar-refractivity contribution in [2.24, 2.45) is 9.98 Å². The van der Waals surface area contributed by atoms with Gasteiger partial charge in [0.15, 0.2) is 0 Å². The monoisotopic (exact) mass is 534 g/mol. The van der Waals surface area contributed by atoms with Crippen LogP contribution in [0, 0.1) is 6.92 Å². The summed E-state index contributed by atoms with van der Waals surface area (Å²) in [5.41, 5.74) is 6.53. The number of nitrogens with zero attached hydrogens (tertiary/aromatic N) is 2. The minimum atomic E-state index is -0.120. The smallest absolute Gasteiger partial charge is 0.230 e. The van der Waals surface area contributed by atoms with Gasteiger partial charge in [-0.3, -0.25) is 9.98 Å². The number of rotatable bonds is 9. The highest BCUT2D eigenvalue weighted by Crippen LogP contribution is 2.39. The van der Waals surface area contributed by atoms with Crippen molar-refractivity contribution in [2.75, 3.05) is 6.79 Å². The standard InChI is InChI=1S/C35H54N2O2/c1-15-25(5)37-21-27-18-28(33(6,7)8)19-30(35(12,13)14)32(27)39-22-38-31-26(20-36-23(2)3)16-24(4)17-29(31)34(9,10)11/h16-21,23,25H,15,22H2,1-14H3/b36-20+,37-21+. The Kier molecular flexibility index (Phi) is 10.6. The van der Waals surface area contributed by atoms with Crippen LogP contribution in [0.4, 0.5) is 0 Å². The molecule has 0 radical (unpaired) electrons. The first-order valence-corrected chi connectivity index (χ1v) is 14.5. The lowest BCUT2D eigenvalue weighted by Gasteiger charge is -2.29. The van der Waals surface area contributed by atoms with E-state index < -0.39 is 0 Å². The third-order valence-electron chi connectivity index (χ3n) is 6.84. The van der Waals surface area contributed by atoms with Crippen molar-refractivity contribution in [2.45, 2.75) is 132 Å². The maximum absolute atomic E-state index is 6.55. The Morgan fingerprint density at radius 1 is 0.692 bits per heavy atom. The van der Waals surface area contributed by atoms with Crippen molar-refractivity contribution in [3.05, 3.63) is 57.6 Å². The molecule has 2 aromatic carbocycles. The molecule has 2 rings (SSSR count). The van der Waals surface area contributed by atoms with Gasteiger partial charge in [0, 0.05) is 46.8 Å². The molecule has 0 amide bonds. The van der Waals surface area contributed by atoms with Gasteiger partial charge in [0.25, 0.3) is 0 Å².